The van der Waals surface area contributed by atoms with Gasteiger partial charge in [0.1, 0.15) is 12.3 Å². The van der Waals surface area contributed by atoms with E-state index in [1.54, 1.807) is 35.2 Å². The molecule has 1 aromatic carbocycles. The zero-order valence-electron chi connectivity index (χ0n) is 12.1. The molecular formula is C14H11BrClN5O2S. The van der Waals surface area contributed by atoms with E-state index in [4.69, 9.17) is 16.0 Å². The molecular weight excluding hydrogens is 418 g/mol. The molecule has 0 unspecified atom stereocenters. The maximum absolute atomic E-state index is 12.1. The van der Waals surface area contributed by atoms with Crippen LogP contribution in [0.2, 0.25) is 5.02 Å². The Morgan fingerprint density at radius 2 is 2.29 bits per heavy atom. The number of anilines is 1. The van der Waals surface area contributed by atoms with Crippen molar-refractivity contribution in [1.29, 1.82) is 0 Å². The van der Waals surface area contributed by atoms with Crippen LogP contribution in [0.4, 0.5) is 5.69 Å². The Bertz CT molecular complexity index is 840. The van der Waals surface area contributed by atoms with E-state index in [2.05, 4.69) is 36.8 Å². The second-order valence-electron chi connectivity index (χ2n) is 4.66. The molecule has 0 fully saturated rings. The summed E-state index contributed by atoms with van der Waals surface area (Å²) in [5.74, 6) is 0.692. The van der Waals surface area contributed by atoms with Crippen molar-refractivity contribution in [2.45, 2.75) is 11.7 Å². The zero-order chi connectivity index (χ0) is 16.9. The number of nitrogens with one attached hydrogen (secondary N) is 1. The largest absolute Gasteiger partial charge is 0.467 e. The molecule has 0 bridgehead atoms. The minimum Gasteiger partial charge on any atom is -0.467 e. The van der Waals surface area contributed by atoms with Crippen LogP contribution in [0.25, 0.3) is 0 Å². The third kappa shape index (κ3) is 4.37. The van der Waals surface area contributed by atoms with Gasteiger partial charge in [-0.05, 0) is 40.8 Å². The number of tetrazole rings is 1. The van der Waals surface area contributed by atoms with Gasteiger partial charge in [-0.3, -0.25) is 4.79 Å². The summed E-state index contributed by atoms with van der Waals surface area (Å²) in [4.78, 5) is 12.1. The summed E-state index contributed by atoms with van der Waals surface area (Å²) in [5.41, 5.74) is 0.556. The fourth-order valence-corrected chi connectivity index (χ4v) is 3.25. The molecule has 1 N–H and O–H groups in total. The Kier molecular flexibility index (Phi) is 5.54. The lowest BCUT2D eigenvalue weighted by Gasteiger charge is -2.07. The van der Waals surface area contributed by atoms with Crippen molar-refractivity contribution in [3.8, 4) is 0 Å². The molecule has 7 nitrogen and oxygen atoms in total. The first-order chi connectivity index (χ1) is 11.6. The summed E-state index contributed by atoms with van der Waals surface area (Å²) in [6.45, 7) is 0.405. The van der Waals surface area contributed by atoms with Gasteiger partial charge in [-0.2, -0.15) is 0 Å². The highest BCUT2D eigenvalue weighted by atomic mass is 79.9. The lowest BCUT2D eigenvalue weighted by Crippen LogP contribution is -2.15. The SMILES string of the molecule is O=C(CSc1nnnn1Cc1ccco1)Nc1ccc(Br)cc1Cl. The van der Waals surface area contributed by atoms with Crippen LogP contribution < -0.4 is 5.32 Å². The number of hydrogen-bond donors (Lipinski definition) is 1. The number of furan rings is 1. The number of carbonyl (C=O) groups is 1. The van der Waals surface area contributed by atoms with Crippen LogP contribution in [0, 0.1) is 0 Å². The number of hydrogen-bond acceptors (Lipinski definition) is 6. The van der Waals surface area contributed by atoms with Crippen LogP contribution >= 0.6 is 39.3 Å². The molecule has 0 aliphatic heterocycles. The normalized spacial score (nSPS) is 10.8. The Balaban J connectivity index is 1.58. The van der Waals surface area contributed by atoms with Crippen LogP contribution in [0.1, 0.15) is 5.76 Å². The van der Waals surface area contributed by atoms with Crippen LogP contribution in [0.5, 0.6) is 0 Å². The number of carbonyl (C=O) groups excluding carboxylic acids is 1. The Morgan fingerprint density at radius 3 is 3.04 bits per heavy atom. The highest BCUT2D eigenvalue weighted by molar-refractivity contribution is 9.10. The third-order valence-electron chi connectivity index (χ3n) is 2.92. The van der Waals surface area contributed by atoms with Gasteiger partial charge in [0.2, 0.25) is 11.1 Å². The van der Waals surface area contributed by atoms with Crippen LogP contribution in [0.15, 0.2) is 50.6 Å². The molecule has 10 heteroatoms. The predicted molar refractivity (Wildman–Crippen MR) is 94.1 cm³/mol. The smallest absolute Gasteiger partial charge is 0.234 e. The van der Waals surface area contributed by atoms with E-state index >= 15 is 0 Å². The molecule has 0 spiro atoms. The molecule has 124 valence electrons. The first-order valence-electron chi connectivity index (χ1n) is 6.78. The highest BCUT2D eigenvalue weighted by Crippen LogP contribution is 2.26. The number of rotatable bonds is 6. The van der Waals surface area contributed by atoms with E-state index in [0.717, 1.165) is 10.2 Å². The minimum atomic E-state index is -0.197. The maximum Gasteiger partial charge on any atom is 0.234 e. The van der Waals surface area contributed by atoms with E-state index in [1.807, 2.05) is 6.07 Å². The van der Waals surface area contributed by atoms with Gasteiger partial charge in [0.15, 0.2) is 0 Å². The van der Waals surface area contributed by atoms with Crippen molar-refractivity contribution in [2.24, 2.45) is 0 Å². The number of amides is 1. The second-order valence-corrected chi connectivity index (χ2v) is 6.92. The average molecular weight is 429 g/mol. The number of aromatic nitrogens is 4. The highest BCUT2D eigenvalue weighted by Gasteiger charge is 2.12. The lowest BCUT2D eigenvalue weighted by molar-refractivity contribution is -0.113. The van der Waals surface area contributed by atoms with Gasteiger partial charge in [-0.15, -0.1) is 5.10 Å². The van der Waals surface area contributed by atoms with E-state index < -0.39 is 0 Å². The maximum atomic E-state index is 12.1. The van der Waals surface area contributed by atoms with Crippen molar-refractivity contribution in [2.75, 3.05) is 11.1 Å². The molecule has 0 saturated heterocycles. The molecule has 2 aromatic heterocycles. The van der Waals surface area contributed by atoms with Crippen molar-refractivity contribution in [3.05, 3.63) is 51.9 Å². The summed E-state index contributed by atoms with van der Waals surface area (Å²) in [6.07, 6.45) is 1.59. The lowest BCUT2D eigenvalue weighted by atomic mass is 10.3. The molecule has 3 aromatic rings. The average Bonchev–Trinajstić information content (AvgIpc) is 3.20. The van der Waals surface area contributed by atoms with Crippen LogP contribution in [-0.2, 0) is 11.3 Å². The first kappa shape index (κ1) is 17.0. The van der Waals surface area contributed by atoms with Crippen molar-refractivity contribution < 1.29 is 9.21 Å². The summed E-state index contributed by atoms with van der Waals surface area (Å²) in [7, 11) is 0. The minimum absolute atomic E-state index is 0.158. The van der Waals surface area contributed by atoms with Crippen molar-refractivity contribution >= 4 is 50.9 Å². The molecule has 3 rings (SSSR count). The van der Waals surface area contributed by atoms with E-state index in [9.17, 15) is 4.79 Å². The van der Waals surface area contributed by atoms with Gasteiger partial charge < -0.3 is 9.73 Å². The summed E-state index contributed by atoms with van der Waals surface area (Å²) in [5, 5.41) is 15.2. The molecule has 0 radical (unpaired) electrons. The van der Waals surface area contributed by atoms with Crippen LogP contribution in [0.3, 0.4) is 0 Å². The van der Waals surface area contributed by atoms with Gasteiger partial charge in [0.05, 0.1) is 22.7 Å². The molecule has 24 heavy (non-hydrogen) atoms. The number of halogens is 2. The Morgan fingerprint density at radius 1 is 1.42 bits per heavy atom. The third-order valence-corrected chi connectivity index (χ3v) is 4.69. The summed E-state index contributed by atoms with van der Waals surface area (Å²) in [6, 6.07) is 8.88. The topological polar surface area (TPSA) is 85.8 Å². The standard InChI is InChI=1S/C14H11BrClN5O2S/c15-9-3-4-12(11(16)6-9)17-13(22)8-24-14-18-19-20-21(14)7-10-2-1-5-23-10/h1-6H,7-8H2,(H,17,22). The molecule has 0 aliphatic carbocycles. The second kappa shape index (κ2) is 7.82. The zero-order valence-corrected chi connectivity index (χ0v) is 15.3. The number of nitrogens with zero attached hydrogens (tertiary/aromatic N) is 4. The fourth-order valence-electron chi connectivity index (χ4n) is 1.86. The molecule has 0 atom stereocenters. The van der Waals surface area contributed by atoms with Crippen molar-refractivity contribution in [3.63, 3.8) is 0 Å². The predicted octanol–water partition coefficient (Wildman–Crippen LogP) is 3.46. The molecule has 0 aliphatic rings. The van der Waals surface area contributed by atoms with E-state index in [-0.39, 0.29) is 11.7 Å². The van der Waals surface area contributed by atoms with Gasteiger partial charge in [-0.1, -0.05) is 39.3 Å². The van der Waals surface area contributed by atoms with Gasteiger partial charge >= 0.3 is 0 Å². The van der Waals surface area contributed by atoms with Gasteiger partial charge in [-0.25, -0.2) is 4.68 Å². The van der Waals surface area contributed by atoms with Crippen LogP contribution in [-0.4, -0.2) is 31.9 Å². The van der Waals surface area contributed by atoms with Gasteiger partial charge in [0.25, 0.3) is 0 Å². The van der Waals surface area contributed by atoms with E-state index in [1.165, 1.54) is 11.8 Å². The Labute approximate surface area is 154 Å². The number of benzene rings is 1. The van der Waals surface area contributed by atoms with E-state index in [0.29, 0.717) is 22.4 Å². The quantitative estimate of drug-likeness (QED) is 0.605. The number of thioether (sulfide) groups is 1. The van der Waals surface area contributed by atoms with Gasteiger partial charge in [0, 0.05) is 4.47 Å². The molecule has 0 saturated carbocycles. The summed E-state index contributed by atoms with van der Waals surface area (Å²) >= 11 is 10.6. The first-order valence-corrected chi connectivity index (χ1v) is 8.94. The van der Waals surface area contributed by atoms with Crippen molar-refractivity contribution in [1.82, 2.24) is 20.2 Å². The monoisotopic (exact) mass is 427 g/mol. The molecule has 2 heterocycles. The fraction of sp³-hybridized carbons (Fsp3) is 0.143. The molecule has 1 amide bonds. The summed E-state index contributed by atoms with van der Waals surface area (Å²) < 4.78 is 7.68. The Hall–Kier alpha value is -1.84.